The van der Waals surface area contributed by atoms with Crippen molar-refractivity contribution >= 4 is 11.5 Å². The molecule has 2 rings (SSSR count). The van der Waals surface area contributed by atoms with E-state index in [1.165, 1.54) is 29.4 Å². The van der Waals surface area contributed by atoms with Crippen LogP contribution in [0.1, 0.15) is 36.6 Å². The Morgan fingerprint density at radius 1 is 1.33 bits per heavy atom. The summed E-state index contributed by atoms with van der Waals surface area (Å²) in [5, 5.41) is 1.20. The van der Waals surface area contributed by atoms with Crippen molar-refractivity contribution in [1.29, 1.82) is 0 Å². The van der Waals surface area contributed by atoms with Gasteiger partial charge in [-0.05, 0) is 37.2 Å². The third kappa shape index (κ3) is 1.64. The van der Waals surface area contributed by atoms with E-state index < -0.39 is 0 Å². The van der Waals surface area contributed by atoms with E-state index in [1.54, 1.807) is 6.33 Å². The molecule has 1 heterocycles. The van der Waals surface area contributed by atoms with Gasteiger partial charge in [0.25, 0.3) is 0 Å². The van der Waals surface area contributed by atoms with Crippen LogP contribution in [-0.2, 0) is 0 Å². The van der Waals surface area contributed by atoms with Crippen LogP contribution < -0.4 is 5.73 Å². The average Bonchev–Trinajstić information content (AvgIpc) is 2.58. The summed E-state index contributed by atoms with van der Waals surface area (Å²) in [6, 6.07) is 0.425. The predicted octanol–water partition coefficient (Wildman–Crippen LogP) is 1.52. The Labute approximate surface area is 76.2 Å². The summed E-state index contributed by atoms with van der Waals surface area (Å²) >= 11 is 1.53. The molecule has 4 heteroatoms. The molecule has 0 amide bonds. The molecular formula is C8H13N3S. The molecule has 0 atom stereocenters. The normalized spacial score (nSPS) is 30.4. The quantitative estimate of drug-likeness (QED) is 0.718. The molecule has 1 aliphatic rings. The molecule has 2 N–H and O–H groups in total. The van der Waals surface area contributed by atoms with E-state index in [0.717, 1.165) is 12.8 Å². The Kier molecular flexibility index (Phi) is 2.37. The summed E-state index contributed by atoms with van der Waals surface area (Å²) < 4.78 is 4.02. The van der Waals surface area contributed by atoms with Gasteiger partial charge in [-0.25, -0.2) is 4.98 Å². The van der Waals surface area contributed by atoms with E-state index in [1.807, 2.05) is 0 Å². The Hall–Kier alpha value is -0.480. The third-order valence-electron chi connectivity index (χ3n) is 2.50. The lowest BCUT2D eigenvalue weighted by atomic mass is 9.87. The molecule has 0 radical (unpaired) electrons. The van der Waals surface area contributed by atoms with Crippen LogP contribution in [0.15, 0.2) is 6.33 Å². The minimum atomic E-state index is 0.425. The summed E-state index contributed by atoms with van der Waals surface area (Å²) in [5.74, 6) is 0.636. The Morgan fingerprint density at radius 3 is 2.67 bits per heavy atom. The highest BCUT2D eigenvalue weighted by Crippen LogP contribution is 2.32. The highest BCUT2D eigenvalue weighted by molar-refractivity contribution is 7.05. The maximum absolute atomic E-state index is 5.82. The largest absolute Gasteiger partial charge is 0.328 e. The van der Waals surface area contributed by atoms with Crippen LogP contribution in [0.5, 0.6) is 0 Å². The molecule has 66 valence electrons. The molecule has 0 saturated heterocycles. The molecule has 0 aliphatic heterocycles. The SMILES string of the molecule is NC1CCC(c2ncns2)CC1. The van der Waals surface area contributed by atoms with E-state index in [0.29, 0.717) is 12.0 Å². The van der Waals surface area contributed by atoms with Crippen LogP contribution in [0.4, 0.5) is 0 Å². The van der Waals surface area contributed by atoms with Gasteiger partial charge in [0.1, 0.15) is 11.3 Å². The zero-order valence-electron chi connectivity index (χ0n) is 6.94. The lowest BCUT2D eigenvalue weighted by Crippen LogP contribution is -2.25. The summed E-state index contributed by atoms with van der Waals surface area (Å²) in [7, 11) is 0. The van der Waals surface area contributed by atoms with Crippen LogP contribution in [0.25, 0.3) is 0 Å². The highest BCUT2D eigenvalue weighted by Gasteiger charge is 2.21. The van der Waals surface area contributed by atoms with Gasteiger partial charge >= 0.3 is 0 Å². The standard InChI is InChI=1S/C8H13N3S/c9-7-3-1-6(2-4-7)8-10-5-11-12-8/h5-7H,1-4,9H2. The molecule has 1 aromatic rings. The highest BCUT2D eigenvalue weighted by atomic mass is 32.1. The number of nitrogens with zero attached hydrogens (tertiary/aromatic N) is 2. The Bertz CT molecular complexity index is 226. The monoisotopic (exact) mass is 183 g/mol. The molecule has 1 aromatic heterocycles. The van der Waals surface area contributed by atoms with Gasteiger partial charge in [0.05, 0.1) is 0 Å². The molecule has 0 aromatic carbocycles. The van der Waals surface area contributed by atoms with Gasteiger partial charge in [0.2, 0.25) is 0 Å². The van der Waals surface area contributed by atoms with E-state index in [-0.39, 0.29) is 0 Å². The molecule has 0 spiro atoms. The van der Waals surface area contributed by atoms with E-state index in [4.69, 9.17) is 5.73 Å². The maximum Gasteiger partial charge on any atom is 0.129 e. The van der Waals surface area contributed by atoms with Gasteiger partial charge < -0.3 is 5.73 Å². The van der Waals surface area contributed by atoms with Gasteiger partial charge in [-0.15, -0.1) is 0 Å². The maximum atomic E-state index is 5.82. The first kappa shape index (κ1) is 8.13. The number of hydrogen-bond acceptors (Lipinski definition) is 4. The zero-order chi connectivity index (χ0) is 8.39. The van der Waals surface area contributed by atoms with Crippen molar-refractivity contribution in [1.82, 2.24) is 9.36 Å². The lowest BCUT2D eigenvalue weighted by Gasteiger charge is -2.23. The van der Waals surface area contributed by atoms with Gasteiger partial charge in [-0.1, -0.05) is 0 Å². The second-order valence-corrected chi connectivity index (χ2v) is 4.20. The first-order chi connectivity index (χ1) is 5.86. The van der Waals surface area contributed by atoms with Crippen LogP contribution in [0.3, 0.4) is 0 Å². The Balaban J connectivity index is 1.99. The molecule has 1 aliphatic carbocycles. The predicted molar refractivity (Wildman–Crippen MR) is 49.1 cm³/mol. The van der Waals surface area contributed by atoms with Crippen molar-refractivity contribution in [2.75, 3.05) is 0 Å². The number of rotatable bonds is 1. The minimum absolute atomic E-state index is 0.425. The zero-order valence-corrected chi connectivity index (χ0v) is 7.76. The van der Waals surface area contributed by atoms with Crippen LogP contribution >= 0.6 is 11.5 Å². The van der Waals surface area contributed by atoms with Crippen molar-refractivity contribution in [2.45, 2.75) is 37.6 Å². The topological polar surface area (TPSA) is 51.8 Å². The van der Waals surface area contributed by atoms with Gasteiger partial charge in [-0.2, -0.15) is 4.37 Å². The fourth-order valence-electron chi connectivity index (χ4n) is 1.73. The molecule has 0 bridgehead atoms. The third-order valence-corrected chi connectivity index (χ3v) is 3.32. The van der Waals surface area contributed by atoms with Crippen molar-refractivity contribution in [3.05, 3.63) is 11.3 Å². The fraction of sp³-hybridized carbons (Fsp3) is 0.750. The summed E-state index contributed by atoms with van der Waals surface area (Å²) in [5.41, 5.74) is 5.82. The molecule has 1 fully saturated rings. The summed E-state index contributed by atoms with van der Waals surface area (Å²) in [4.78, 5) is 4.23. The molecule has 0 unspecified atom stereocenters. The average molecular weight is 183 g/mol. The fourth-order valence-corrected chi connectivity index (χ4v) is 2.41. The molecule has 1 saturated carbocycles. The number of nitrogens with two attached hydrogens (primary N) is 1. The van der Waals surface area contributed by atoms with Gasteiger partial charge in [0.15, 0.2) is 0 Å². The summed E-state index contributed by atoms with van der Waals surface area (Å²) in [6.45, 7) is 0. The van der Waals surface area contributed by atoms with E-state index in [9.17, 15) is 0 Å². The first-order valence-corrected chi connectivity index (χ1v) is 5.16. The second kappa shape index (κ2) is 3.49. The summed E-state index contributed by atoms with van der Waals surface area (Å²) in [6.07, 6.45) is 6.32. The smallest absolute Gasteiger partial charge is 0.129 e. The number of hydrogen-bond donors (Lipinski definition) is 1. The van der Waals surface area contributed by atoms with Crippen LogP contribution in [0, 0.1) is 0 Å². The van der Waals surface area contributed by atoms with Crippen molar-refractivity contribution in [3.8, 4) is 0 Å². The van der Waals surface area contributed by atoms with Crippen molar-refractivity contribution < 1.29 is 0 Å². The van der Waals surface area contributed by atoms with E-state index >= 15 is 0 Å². The van der Waals surface area contributed by atoms with Crippen molar-refractivity contribution in [2.24, 2.45) is 5.73 Å². The van der Waals surface area contributed by atoms with Crippen LogP contribution in [0.2, 0.25) is 0 Å². The van der Waals surface area contributed by atoms with Crippen molar-refractivity contribution in [3.63, 3.8) is 0 Å². The van der Waals surface area contributed by atoms with Gasteiger partial charge in [-0.3, -0.25) is 0 Å². The minimum Gasteiger partial charge on any atom is -0.328 e. The number of aromatic nitrogens is 2. The second-order valence-electron chi connectivity index (χ2n) is 3.39. The first-order valence-electron chi connectivity index (χ1n) is 4.38. The van der Waals surface area contributed by atoms with Crippen LogP contribution in [-0.4, -0.2) is 15.4 Å². The molecule has 12 heavy (non-hydrogen) atoms. The van der Waals surface area contributed by atoms with Gasteiger partial charge in [0, 0.05) is 12.0 Å². The molecule has 3 nitrogen and oxygen atoms in total. The lowest BCUT2D eigenvalue weighted by molar-refractivity contribution is 0.395. The molecular weight excluding hydrogens is 170 g/mol. The van der Waals surface area contributed by atoms with E-state index in [2.05, 4.69) is 9.36 Å². The Morgan fingerprint density at radius 2 is 2.08 bits per heavy atom.